The van der Waals surface area contributed by atoms with Gasteiger partial charge in [-0.15, -0.1) is 0 Å². The predicted octanol–water partition coefficient (Wildman–Crippen LogP) is 5.50. The van der Waals surface area contributed by atoms with Crippen LogP contribution >= 0.6 is 11.6 Å². The van der Waals surface area contributed by atoms with Crippen LogP contribution in [-0.2, 0) is 23.9 Å². The molecule has 1 N–H and O–H groups in total. The number of benzene rings is 2. The average Bonchev–Trinajstić information content (AvgIpc) is 3.34. The maximum absolute atomic E-state index is 13.3. The molecule has 0 fully saturated rings. The first-order valence-corrected chi connectivity index (χ1v) is 12.5. The largest absolute Gasteiger partial charge is 0.491 e. The molecule has 204 valence electrons. The van der Waals surface area contributed by atoms with E-state index in [2.05, 4.69) is 9.97 Å². The average molecular weight is 569 g/mol. The molecule has 1 unspecified atom stereocenters. The molecule has 0 amide bonds. The summed E-state index contributed by atoms with van der Waals surface area (Å²) < 4.78 is 47.1. The van der Waals surface area contributed by atoms with Crippen molar-refractivity contribution in [2.75, 3.05) is 6.61 Å². The number of hydrogen-bond donors (Lipinski definition) is 1. The maximum Gasteiger partial charge on any atom is 0.416 e. The molecule has 8 nitrogen and oxygen atoms in total. The van der Waals surface area contributed by atoms with E-state index in [1.165, 1.54) is 11.5 Å². The van der Waals surface area contributed by atoms with Crippen LogP contribution in [0.2, 0.25) is 5.02 Å². The van der Waals surface area contributed by atoms with Crippen molar-refractivity contribution in [1.82, 2.24) is 14.5 Å². The van der Waals surface area contributed by atoms with Gasteiger partial charge >= 0.3 is 12.1 Å². The highest BCUT2D eigenvalue weighted by atomic mass is 35.5. The summed E-state index contributed by atoms with van der Waals surface area (Å²) >= 11 is 6.28. The first-order chi connectivity index (χ1) is 19.0. The number of nitrogens with zero attached hydrogens (tertiary/aromatic N) is 4. The Kier molecular flexibility index (Phi) is 6.98. The van der Waals surface area contributed by atoms with Crippen LogP contribution < -0.4 is 10.3 Å². The number of alkyl halides is 3. The molecule has 2 aromatic heterocycles. The summed E-state index contributed by atoms with van der Waals surface area (Å²) in [6, 6.07) is 9.84. The minimum atomic E-state index is -4.70. The summed E-state index contributed by atoms with van der Waals surface area (Å²) in [7, 11) is 0. The van der Waals surface area contributed by atoms with Crippen LogP contribution in [0.25, 0.3) is 22.0 Å². The number of pyridine rings is 1. The zero-order chi connectivity index (χ0) is 28.8. The highest BCUT2D eigenvalue weighted by Crippen LogP contribution is 2.41. The van der Waals surface area contributed by atoms with Gasteiger partial charge in [-0.3, -0.25) is 19.1 Å². The van der Waals surface area contributed by atoms with Crippen molar-refractivity contribution >= 4 is 28.5 Å². The van der Waals surface area contributed by atoms with Crippen LogP contribution in [0.4, 0.5) is 13.2 Å². The summed E-state index contributed by atoms with van der Waals surface area (Å²) in [6.07, 6.45) is -2.20. The zero-order valence-corrected chi connectivity index (χ0v) is 21.7. The van der Waals surface area contributed by atoms with Crippen molar-refractivity contribution in [3.8, 4) is 22.9 Å². The Labute approximate surface area is 230 Å². The van der Waals surface area contributed by atoms with Crippen molar-refractivity contribution in [3.63, 3.8) is 0 Å². The Morgan fingerprint density at radius 1 is 1.25 bits per heavy atom. The number of fused-ring (bicyclic) bond motifs is 2. The fourth-order valence-corrected chi connectivity index (χ4v) is 5.22. The molecular weight excluding hydrogens is 549 g/mol. The Hall–Kier alpha value is -4.43. The lowest BCUT2D eigenvalue weighted by Crippen LogP contribution is -2.27. The number of ether oxygens (including phenoxy) is 1. The van der Waals surface area contributed by atoms with Gasteiger partial charge in [0.1, 0.15) is 24.3 Å². The van der Waals surface area contributed by atoms with Crippen molar-refractivity contribution < 1.29 is 27.8 Å². The second-order valence-electron chi connectivity index (χ2n) is 9.28. The van der Waals surface area contributed by atoms with E-state index in [1.807, 2.05) is 0 Å². The highest BCUT2D eigenvalue weighted by molar-refractivity contribution is 6.31. The first kappa shape index (κ1) is 27.1. The van der Waals surface area contributed by atoms with Crippen LogP contribution in [0.3, 0.4) is 0 Å². The zero-order valence-electron chi connectivity index (χ0n) is 20.9. The van der Waals surface area contributed by atoms with E-state index in [0.717, 1.165) is 17.2 Å². The van der Waals surface area contributed by atoms with Crippen LogP contribution in [0.15, 0.2) is 47.4 Å². The van der Waals surface area contributed by atoms with Gasteiger partial charge < -0.3 is 9.84 Å². The van der Waals surface area contributed by atoms with Gasteiger partial charge in [0, 0.05) is 16.8 Å². The smallest absolute Gasteiger partial charge is 0.416 e. The molecule has 1 aliphatic carbocycles. The van der Waals surface area contributed by atoms with Gasteiger partial charge in [-0.05, 0) is 67.3 Å². The summed E-state index contributed by atoms with van der Waals surface area (Å²) in [6.45, 7) is 1.47. The van der Waals surface area contributed by atoms with Gasteiger partial charge in [-0.25, -0.2) is 4.98 Å². The van der Waals surface area contributed by atoms with Gasteiger partial charge in [0.15, 0.2) is 0 Å². The highest BCUT2D eigenvalue weighted by Gasteiger charge is 2.33. The van der Waals surface area contributed by atoms with Crippen LogP contribution in [0.1, 0.15) is 40.5 Å². The quantitative estimate of drug-likeness (QED) is 0.326. The lowest BCUT2D eigenvalue weighted by molar-refractivity contribution is -0.139. The van der Waals surface area contributed by atoms with Crippen molar-refractivity contribution in [2.45, 2.75) is 38.4 Å². The number of aliphatic carboxylic acids is 1. The first-order valence-electron chi connectivity index (χ1n) is 12.2. The molecule has 0 bridgehead atoms. The number of halogens is 4. The van der Waals surface area contributed by atoms with E-state index >= 15 is 0 Å². The third-order valence-electron chi connectivity index (χ3n) is 6.90. The molecule has 0 saturated heterocycles. The normalized spacial score (nSPS) is 14.7. The molecule has 12 heteroatoms. The molecule has 0 saturated carbocycles. The SMILES string of the molecule is Cc1nc2cc(C(F)(F)F)cc(C#N)c2c(=O)n1CCOc1ccc(Cl)cc1-c1ccnc2c1CCC2C(=O)O. The number of carbonyl (C=O) groups is 1. The van der Waals surface area contributed by atoms with E-state index in [0.29, 0.717) is 40.9 Å². The topological polar surface area (TPSA) is 118 Å². The molecule has 40 heavy (non-hydrogen) atoms. The van der Waals surface area contributed by atoms with Crippen LogP contribution in [-0.4, -0.2) is 32.2 Å². The number of carboxylic acids is 1. The molecule has 2 aromatic carbocycles. The van der Waals surface area contributed by atoms with Crippen molar-refractivity contribution in [3.05, 3.63) is 86.2 Å². The second kappa shape index (κ2) is 10.3. The molecule has 0 spiro atoms. The predicted molar refractivity (Wildman–Crippen MR) is 139 cm³/mol. The number of hydrogen-bond acceptors (Lipinski definition) is 6. The molecule has 0 radical (unpaired) electrons. The Balaban J connectivity index is 1.47. The van der Waals surface area contributed by atoms with E-state index in [-0.39, 0.29) is 29.9 Å². The van der Waals surface area contributed by atoms with Crippen LogP contribution in [0, 0.1) is 18.3 Å². The third-order valence-corrected chi connectivity index (χ3v) is 7.14. The van der Waals surface area contributed by atoms with Crippen LogP contribution in [0.5, 0.6) is 5.75 Å². The summed E-state index contributed by atoms with van der Waals surface area (Å²) in [4.78, 5) is 33.4. The second-order valence-corrected chi connectivity index (χ2v) is 9.72. The summed E-state index contributed by atoms with van der Waals surface area (Å²) in [5.41, 5.74) is 0.337. The molecule has 2 heterocycles. The molecule has 1 aliphatic rings. The van der Waals surface area contributed by atoms with Crippen molar-refractivity contribution in [2.24, 2.45) is 0 Å². The number of carboxylic acid groups (broad SMARTS) is 1. The molecular formula is C28H20ClF3N4O4. The monoisotopic (exact) mass is 568 g/mol. The Morgan fingerprint density at radius 3 is 2.73 bits per heavy atom. The van der Waals surface area contributed by atoms with E-state index in [1.54, 1.807) is 36.5 Å². The maximum atomic E-state index is 13.3. The summed E-state index contributed by atoms with van der Waals surface area (Å²) in [5.74, 6) is -1.04. The van der Waals surface area contributed by atoms with E-state index in [9.17, 15) is 33.1 Å². The van der Waals surface area contributed by atoms with Gasteiger partial charge in [0.25, 0.3) is 5.56 Å². The summed E-state index contributed by atoms with van der Waals surface area (Å²) in [5, 5.41) is 19.2. The van der Waals surface area contributed by atoms with Gasteiger partial charge in [-0.1, -0.05) is 11.6 Å². The van der Waals surface area contributed by atoms with Gasteiger partial charge in [0.05, 0.1) is 40.2 Å². The Bertz CT molecular complexity index is 1780. The molecule has 5 rings (SSSR count). The number of rotatable bonds is 6. The lowest BCUT2D eigenvalue weighted by atomic mass is 9.98. The third kappa shape index (κ3) is 4.86. The van der Waals surface area contributed by atoms with Gasteiger partial charge in [0.2, 0.25) is 0 Å². The van der Waals surface area contributed by atoms with Crippen molar-refractivity contribution in [1.29, 1.82) is 5.26 Å². The molecule has 0 aliphatic heterocycles. The van der Waals surface area contributed by atoms with E-state index < -0.39 is 34.7 Å². The lowest BCUT2D eigenvalue weighted by Gasteiger charge is -2.17. The fraction of sp³-hybridized carbons (Fsp3) is 0.250. The fourth-order valence-electron chi connectivity index (χ4n) is 5.05. The van der Waals surface area contributed by atoms with E-state index in [4.69, 9.17) is 16.3 Å². The number of nitriles is 1. The minimum absolute atomic E-state index is 0.00287. The minimum Gasteiger partial charge on any atom is -0.491 e. The molecule has 1 atom stereocenters. The number of aromatic nitrogens is 3. The van der Waals surface area contributed by atoms with Gasteiger partial charge in [-0.2, -0.15) is 18.4 Å². The standard InChI is InChI=1S/C28H20ClF3N4O4/c1-14-35-22-11-16(28(30,31)32)10-15(13-33)24(22)26(37)36(14)8-9-40-23-5-2-17(29)12-21(23)18-6-7-34-25-19(18)3-4-20(25)27(38)39/h2,5-7,10-12,20H,3-4,8-9H2,1H3,(H,38,39). The number of aryl methyl sites for hydroxylation is 1. The molecule has 4 aromatic rings. The Morgan fingerprint density at radius 2 is 2.02 bits per heavy atom.